The Hall–Kier alpha value is -2.32. The summed E-state index contributed by atoms with van der Waals surface area (Å²) in [6, 6.07) is -0.486. The molecule has 0 spiro atoms. The van der Waals surface area contributed by atoms with Gasteiger partial charge in [0.25, 0.3) is 5.91 Å². The van der Waals surface area contributed by atoms with Gasteiger partial charge >= 0.3 is 0 Å². The van der Waals surface area contributed by atoms with Gasteiger partial charge in [0, 0.05) is 6.42 Å². The molecule has 136 valence electrons. The van der Waals surface area contributed by atoms with Crippen LogP contribution in [0.2, 0.25) is 0 Å². The number of carbonyl (C=O) groups is 1. The maximum Gasteiger partial charge on any atom is 0.252 e. The standard InChI is InChI=1S/C16H26N8O/c1-3-11(2)14(24-10-17-22-23-24)15(25)19-16-18-13(20-21-16)9-8-12-6-4-5-7-12/h10-12,14H,3-9H2,1-2H3,(H2,18,19,20,21,25)/t11-,14-/m0/s1. The number of amides is 1. The Labute approximate surface area is 147 Å². The molecular weight excluding hydrogens is 320 g/mol. The molecule has 25 heavy (non-hydrogen) atoms. The summed E-state index contributed by atoms with van der Waals surface area (Å²) in [7, 11) is 0. The van der Waals surface area contributed by atoms with Crippen LogP contribution in [-0.2, 0) is 11.2 Å². The van der Waals surface area contributed by atoms with Crippen molar-refractivity contribution >= 4 is 11.9 Å². The molecule has 0 saturated heterocycles. The number of hydrogen-bond acceptors (Lipinski definition) is 6. The molecule has 2 aromatic rings. The molecule has 2 aromatic heterocycles. The van der Waals surface area contributed by atoms with E-state index in [0.29, 0.717) is 5.95 Å². The average Bonchev–Trinajstić information content (AvgIpc) is 3.36. The largest absolute Gasteiger partial charge is 0.291 e. The van der Waals surface area contributed by atoms with Gasteiger partial charge in [-0.3, -0.25) is 15.2 Å². The number of carbonyl (C=O) groups excluding carboxylic acids is 1. The number of nitrogens with zero attached hydrogens (tertiary/aromatic N) is 6. The third kappa shape index (κ3) is 4.40. The SMILES string of the molecule is CC[C@H](C)[C@@H](C(=O)Nc1n[nH]c(CCC2CCCC2)n1)n1cnnn1. The second kappa shape index (κ2) is 8.17. The van der Waals surface area contributed by atoms with Crippen LogP contribution in [0.25, 0.3) is 0 Å². The van der Waals surface area contributed by atoms with Crippen molar-refractivity contribution in [2.75, 3.05) is 5.32 Å². The van der Waals surface area contributed by atoms with Gasteiger partial charge in [0.2, 0.25) is 5.95 Å². The zero-order valence-corrected chi connectivity index (χ0v) is 14.9. The lowest BCUT2D eigenvalue weighted by atomic mass is 9.99. The molecule has 2 atom stereocenters. The number of rotatable bonds is 8. The third-order valence-corrected chi connectivity index (χ3v) is 5.13. The number of aromatic amines is 1. The fraction of sp³-hybridized carbons (Fsp3) is 0.750. The molecular formula is C16H26N8O. The lowest BCUT2D eigenvalue weighted by Gasteiger charge is -2.20. The summed E-state index contributed by atoms with van der Waals surface area (Å²) < 4.78 is 1.48. The van der Waals surface area contributed by atoms with Crippen molar-refractivity contribution in [3.05, 3.63) is 12.2 Å². The lowest BCUT2D eigenvalue weighted by molar-refractivity contribution is -0.121. The van der Waals surface area contributed by atoms with Gasteiger partial charge < -0.3 is 0 Å². The smallest absolute Gasteiger partial charge is 0.252 e. The lowest BCUT2D eigenvalue weighted by Crippen LogP contribution is -2.31. The van der Waals surface area contributed by atoms with Crippen molar-refractivity contribution in [1.82, 2.24) is 35.4 Å². The highest BCUT2D eigenvalue weighted by Gasteiger charge is 2.28. The first-order valence-corrected chi connectivity index (χ1v) is 9.12. The summed E-state index contributed by atoms with van der Waals surface area (Å²) in [5.41, 5.74) is 0. The molecule has 0 radical (unpaired) electrons. The molecule has 3 rings (SSSR count). The molecule has 1 saturated carbocycles. The first kappa shape index (κ1) is 17.5. The molecule has 0 unspecified atom stereocenters. The summed E-state index contributed by atoms with van der Waals surface area (Å²) in [4.78, 5) is 17.1. The second-order valence-electron chi connectivity index (χ2n) is 6.90. The predicted octanol–water partition coefficient (Wildman–Crippen LogP) is 2.14. The zero-order chi connectivity index (χ0) is 17.6. The van der Waals surface area contributed by atoms with Crippen molar-refractivity contribution in [3.8, 4) is 0 Å². The molecule has 0 aromatic carbocycles. The average molecular weight is 346 g/mol. The Morgan fingerprint density at radius 2 is 2.24 bits per heavy atom. The van der Waals surface area contributed by atoms with Crippen LogP contribution in [0, 0.1) is 11.8 Å². The summed E-state index contributed by atoms with van der Waals surface area (Å²) in [5, 5.41) is 21.0. The molecule has 9 heteroatoms. The monoisotopic (exact) mass is 346 g/mol. The van der Waals surface area contributed by atoms with Gasteiger partial charge in [0.15, 0.2) is 0 Å². The summed E-state index contributed by atoms with van der Waals surface area (Å²) >= 11 is 0. The van der Waals surface area contributed by atoms with E-state index in [2.05, 4.69) is 36.0 Å². The summed E-state index contributed by atoms with van der Waals surface area (Å²) in [5.74, 6) is 1.82. The van der Waals surface area contributed by atoms with Crippen LogP contribution in [-0.4, -0.2) is 41.3 Å². The van der Waals surface area contributed by atoms with Crippen molar-refractivity contribution in [2.45, 2.75) is 64.8 Å². The van der Waals surface area contributed by atoms with Crippen molar-refractivity contribution in [1.29, 1.82) is 0 Å². The Morgan fingerprint density at radius 1 is 1.44 bits per heavy atom. The number of tetrazole rings is 1. The van der Waals surface area contributed by atoms with Crippen LogP contribution in [0.15, 0.2) is 6.33 Å². The molecule has 0 aliphatic heterocycles. The van der Waals surface area contributed by atoms with E-state index in [1.165, 1.54) is 36.7 Å². The number of anilines is 1. The molecule has 2 heterocycles. The van der Waals surface area contributed by atoms with Gasteiger partial charge in [-0.1, -0.05) is 46.0 Å². The first-order chi connectivity index (χ1) is 12.2. The highest BCUT2D eigenvalue weighted by atomic mass is 16.2. The first-order valence-electron chi connectivity index (χ1n) is 9.12. The van der Waals surface area contributed by atoms with E-state index in [9.17, 15) is 4.79 Å². The van der Waals surface area contributed by atoms with Gasteiger partial charge in [-0.2, -0.15) is 4.98 Å². The van der Waals surface area contributed by atoms with E-state index in [1.807, 2.05) is 13.8 Å². The number of hydrogen-bond donors (Lipinski definition) is 2. The number of H-pyrrole nitrogens is 1. The maximum atomic E-state index is 12.7. The minimum Gasteiger partial charge on any atom is -0.291 e. The van der Waals surface area contributed by atoms with Crippen molar-refractivity contribution < 1.29 is 4.79 Å². The minimum absolute atomic E-state index is 0.0873. The fourth-order valence-electron chi connectivity index (χ4n) is 3.45. The van der Waals surface area contributed by atoms with E-state index in [1.54, 1.807) is 0 Å². The van der Waals surface area contributed by atoms with Crippen LogP contribution in [0.4, 0.5) is 5.95 Å². The van der Waals surface area contributed by atoms with E-state index < -0.39 is 6.04 Å². The third-order valence-electron chi connectivity index (χ3n) is 5.13. The van der Waals surface area contributed by atoms with Gasteiger partial charge in [-0.05, 0) is 28.7 Å². The van der Waals surface area contributed by atoms with Gasteiger partial charge in [-0.15, -0.1) is 10.2 Å². The molecule has 1 aliphatic carbocycles. The van der Waals surface area contributed by atoms with Crippen LogP contribution in [0.3, 0.4) is 0 Å². The molecule has 9 nitrogen and oxygen atoms in total. The topological polar surface area (TPSA) is 114 Å². The second-order valence-corrected chi connectivity index (χ2v) is 6.90. The summed E-state index contributed by atoms with van der Waals surface area (Å²) in [6.45, 7) is 4.03. The Morgan fingerprint density at radius 3 is 2.92 bits per heavy atom. The fourth-order valence-corrected chi connectivity index (χ4v) is 3.45. The van der Waals surface area contributed by atoms with Crippen LogP contribution < -0.4 is 5.32 Å². The van der Waals surface area contributed by atoms with Crippen LogP contribution in [0.5, 0.6) is 0 Å². The van der Waals surface area contributed by atoms with E-state index in [4.69, 9.17) is 0 Å². The van der Waals surface area contributed by atoms with Gasteiger partial charge in [-0.25, -0.2) is 4.68 Å². The van der Waals surface area contributed by atoms with Gasteiger partial charge in [0.05, 0.1) is 0 Å². The van der Waals surface area contributed by atoms with Gasteiger partial charge in [0.1, 0.15) is 18.2 Å². The van der Waals surface area contributed by atoms with E-state index in [-0.39, 0.29) is 11.8 Å². The normalized spacial score (nSPS) is 17.5. The highest BCUT2D eigenvalue weighted by molar-refractivity contribution is 5.92. The Bertz CT molecular complexity index is 661. The van der Waals surface area contributed by atoms with Crippen molar-refractivity contribution in [3.63, 3.8) is 0 Å². The highest BCUT2D eigenvalue weighted by Crippen LogP contribution is 2.28. The minimum atomic E-state index is -0.486. The van der Waals surface area contributed by atoms with Crippen molar-refractivity contribution in [2.24, 2.45) is 11.8 Å². The molecule has 0 bridgehead atoms. The molecule has 1 fully saturated rings. The van der Waals surface area contributed by atoms with Crippen LogP contribution in [0.1, 0.15) is 64.2 Å². The number of aryl methyl sites for hydroxylation is 1. The Balaban J connectivity index is 1.59. The molecule has 1 amide bonds. The number of aromatic nitrogens is 7. The summed E-state index contributed by atoms with van der Waals surface area (Å²) in [6.07, 6.45) is 9.62. The zero-order valence-electron chi connectivity index (χ0n) is 14.9. The van der Waals surface area contributed by atoms with Crippen LogP contribution >= 0.6 is 0 Å². The molecule has 2 N–H and O–H groups in total. The quantitative estimate of drug-likeness (QED) is 0.757. The van der Waals surface area contributed by atoms with E-state index >= 15 is 0 Å². The predicted molar refractivity (Wildman–Crippen MR) is 91.6 cm³/mol. The molecule has 1 aliphatic rings. The van der Waals surface area contributed by atoms with E-state index in [0.717, 1.165) is 31.0 Å². The number of nitrogens with one attached hydrogen (secondary N) is 2. The Kier molecular flexibility index (Phi) is 5.72. The maximum absolute atomic E-state index is 12.7.